The van der Waals surface area contributed by atoms with Crippen molar-refractivity contribution in [2.24, 2.45) is 0 Å². The van der Waals surface area contributed by atoms with Crippen LogP contribution in [0.25, 0.3) is 0 Å². The van der Waals surface area contributed by atoms with Gasteiger partial charge in [0.1, 0.15) is 0 Å². The third-order valence-corrected chi connectivity index (χ3v) is 10.2. The van der Waals surface area contributed by atoms with Crippen LogP contribution in [0, 0.1) is 0 Å². The Morgan fingerprint density at radius 1 is 0.513 bits per heavy atom. The molecule has 2 rings (SSSR count). The molecule has 0 spiro atoms. The van der Waals surface area contributed by atoms with Gasteiger partial charge in [-0.05, 0) is 51.4 Å². The number of hydrogen-bond acceptors (Lipinski definition) is 1. The molecule has 224 valence electrons. The number of thioether (sulfide) groups is 1. The summed E-state index contributed by atoms with van der Waals surface area (Å²) >= 11 is 2.33. The maximum absolute atomic E-state index is 2.72. The summed E-state index contributed by atoms with van der Waals surface area (Å²) in [6.45, 7) is 4.63. The van der Waals surface area contributed by atoms with Crippen LogP contribution in [0.1, 0.15) is 181 Å². The zero-order chi connectivity index (χ0) is 27.6. The molecular formula is C38H66S. The fourth-order valence-electron chi connectivity index (χ4n) is 6.19. The van der Waals surface area contributed by atoms with Crippen molar-refractivity contribution in [3.8, 4) is 0 Å². The van der Waals surface area contributed by atoms with Crippen LogP contribution < -0.4 is 0 Å². The first kappa shape index (κ1) is 34.5. The van der Waals surface area contributed by atoms with E-state index in [1.165, 1.54) is 167 Å². The summed E-state index contributed by atoms with van der Waals surface area (Å²) in [5, 5.41) is 1.41. The van der Waals surface area contributed by atoms with E-state index in [0.717, 1.165) is 0 Å². The molecule has 2 atom stereocenters. The molecule has 0 saturated carbocycles. The normalized spacial score (nSPS) is 19.2. The zero-order valence-electron chi connectivity index (χ0n) is 26.4. The highest BCUT2D eigenvalue weighted by atomic mass is 32.2. The maximum Gasteiger partial charge on any atom is 0.0235 e. The molecule has 0 aliphatic heterocycles. The van der Waals surface area contributed by atoms with E-state index in [4.69, 9.17) is 0 Å². The van der Waals surface area contributed by atoms with Crippen molar-refractivity contribution in [2.75, 3.05) is 0 Å². The predicted molar refractivity (Wildman–Crippen MR) is 181 cm³/mol. The van der Waals surface area contributed by atoms with Crippen LogP contribution in [0.4, 0.5) is 0 Å². The molecule has 2 aliphatic rings. The number of hydrogen-bond donors (Lipinski definition) is 0. The second kappa shape index (κ2) is 25.1. The molecular weight excluding hydrogens is 488 g/mol. The maximum atomic E-state index is 2.72. The minimum Gasteiger partial charge on any atom is -0.147 e. The Kier molecular flexibility index (Phi) is 22.2. The molecule has 0 N–H and O–H groups in total. The van der Waals surface area contributed by atoms with Gasteiger partial charge in [0.25, 0.3) is 0 Å². The van der Waals surface area contributed by atoms with Gasteiger partial charge in [0.2, 0.25) is 0 Å². The predicted octanol–water partition coefficient (Wildman–Crippen LogP) is 13.6. The van der Waals surface area contributed by atoms with Crippen molar-refractivity contribution in [1.29, 1.82) is 0 Å². The monoisotopic (exact) mass is 554 g/mol. The van der Waals surface area contributed by atoms with Gasteiger partial charge in [-0.15, -0.1) is 11.8 Å². The van der Waals surface area contributed by atoms with Gasteiger partial charge in [0.15, 0.2) is 0 Å². The molecule has 0 radical (unpaired) electrons. The molecule has 2 unspecified atom stereocenters. The van der Waals surface area contributed by atoms with E-state index in [1.54, 1.807) is 11.1 Å². The Morgan fingerprint density at radius 3 is 1.21 bits per heavy atom. The summed E-state index contributed by atoms with van der Waals surface area (Å²) < 4.78 is 0. The van der Waals surface area contributed by atoms with Crippen molar-refractivity contribution in [2.45, 2.75) is 191 Å². The van der Waals surface area contributed by atoms with Crippen molar-refractivity contribution < 1.29 is 0 Å². The minimum absolute atomic E-state index is 0.704. The third kappa shape index (κ3) is 19.1. The Balaban J connectivity index is 1.84. The average molecular weight is 555 g/mol. The van der Waals surface area contributed by atoms with E-state index in [2.05, 4.69) is 62.1 Å². The molecule has 0 aromatic carbocycles. The van der Waals surface area contributed by atoms with Crippen molar-refractivity contribution in [3.63, 3.8) is 0 Å². The van der Waals surface area contributed by atoms with E-state index in [0.29, 0.717) is 10.5 Å². The van der Waals surface area contributed by atoms with Crippen molar-refractivity contribution >= 4 is 11.8 Å². The van der Waals surface area contributed by atoms with Crippen molar-refractivity contribution in [3.05, 3.63) is 47.6 Å². The Labute approximate surface area is 250 Å². The first-order chi connectivity index (χ1) is 19.3. The molecule has 0 amide bonds. The first-order valence-electron chi connectivity index (χ1n) is 17.7. The molecule has 2 aliphatic carbocycles. The van der Waals surface area contributed by atoms with Crippen LogP contribution in [0.2, 0.25) is 0 Å². The van der Waals surface area contributed by atoms with Crippen LogP contribution in [0.15, 0.2) is 47.6 Å². The molecule has 0 saturated heterocycles. The molecule has 39 heavy (non-hydrogen) atoms. The number of allylic oxidation sites excluding steroid dienone is 6. The quantitative estimate of drug-likeness (QED) is 0.0844. The van der Waals surface area contributed by atoms with Crippen LogP contribution >= 0.6 is 11.8 Å². The van der Waals surface area contributed by atoms with Gasteiger partial charge < -0.3 is 0 Å². The summed E-state index contributed by atoms with van der Waals surface area (Å²) in [7, 11) is 0. The lowest BCUT2D eigenvalue weighted by Crippen LogP contribution is -2.10. The third-order valence-electron chi connectivity index (χ3n) is 8.73. The smallest absolute Gasteiger partial charge is 0.0235 e. The van der Waals surface area contributed by atoms with Crippen LogP contribution in [0.5, 0.6) is 0 Å². The Morgan fingerprint density at radius 2 is 0.872 bits per heavy atom. The minimum atomic E-state index is 0.704. The highest BCUT2D eigenvalue weighted by molar-refractivity contribution is 8.00. The SMILES string of the molecule is CCCCCCCCCCCC(C=C1CC=CCC1)SC(C=C1CC=CCC1)CCCCCCCCCCC. The number of rotatable bonds is 24. The lowest BCUT2D eigenvalue weighted by Gasteiger charge is -2.23. The molecule has 0 fully saturated rings. The highest BCUT2D eigenvalue weighted by Gasteiger charge is 2.16. The van der Waals surface area contributed by atoms with Crippen molar-refractivity contribution in [1.82, 2.24) is 0 Å². The van der Waals surface area contributed by atoms with Gasteiger partial charge >= 0.3 is 0 Å². The fraction of sp³-hybridized carbons (Fsp3) is 0.789. The van der Waals surface area contributed by atoms with Gasteiger partial charge in [0, 0.05) is 10.5 Å². The fourth-order valence-corrected chi connectivity index (χ4v) is 7.79. The Hall–Kier alpha value is -0.690. The molecule has 0 aromatic rings. The summed E-state index contributed by atoms with van der Waals surface area (Å²) in [5.41, 5.74) is 3.42. The lowest BCUT2D eigenvalue weighted by molar-refractivity contribution is 0.556. The van der Waals surface area contributed by atoms with E-state index < -0.39 is 0 Å². The standard InChI is InChI=1S/C38H66S/c1-3-5-7-9-11-13-15-17-25-31-37(33-35-27-21-19-22-28-35)39-38(34-36-29-23-20-24-30-36)32-26-18-16-14-12-10-8-6-4-2/h19-21,23,33-34,37-38H,3-18,22,24-32H2,1-2H3. The van der Waals surface area contributed by atoms with E-state index >= 15 is 0 Å². The van der Waals surface area contributed by atoms with Gasteiger partial charge in [0.05, 0.1) is 0 Å². The summed E-state index contributed by atoms with van der Waals surface area (Å²) in [4.78, 5) is 0. The summed E-state index contributed by atoms with van der Waals surface area (Å²) in [5.74, 6) is 0. The summed E-state index contributed by atoms with van der Waals surface area (Å²) in [6, 6.07) is 0. The van der Waals surface area contributed by atoms with E-state index in [-0.39, 0.29) is 0 Å². The largest absolute Gasteiger partial charge is 0.147 e. The van der Waals surface area contributed by atoms with Crippen LogP contribution in [0.3, 0.4) is 0 Å². The van der Waals surface area contributed by atoms with Crippen LogP contribution in [-0.4, -0.2) is 10.5 Å². The van der Waals surface area contributed by atoms with Gasteiger partial charge in [-0.3, -0.25) is 0 Å². The molecule has 0 heterocycles. The Bertz CT molecular complexity index is 623. The second-order valence-electron chi connectivity index (χ2n) is 12.5. The molecule has 0 bridgehead atoms. The van der Waals surface area contributed by atoms with Gasteiger partial charge in [-0.1, -0.05) is 177 Å². The summed E-state index contributed by atoms with van der Waals surface area (Å²) in [6.07, 6.45) is 51.0. The highest BCUT2D eigenvalue weighted by Crippen LogP contribution is 2.33. The molecule has 0 nitrogen and oxygen atoms in total. The number of unbranched alkanes of at least 4 members (excludes halogenated alkanes) is 16. The first-order valence-corrected chi connectivity index (χ1v) is 18.6. The van der Waals surface area contributed by atoms with E-state index in [1.807, 2.05) is 0 Å². The molecule has 0 aromatic heterocycles. The topological polar surface area (TPSA) is 0 Å². The van der Waals surface area contributed by atoms with E-state index in [9.17, 15) is 0 Å². The van der Waals surface area contributed by atoms with Gasteiger partial charge in [-0.2, -0.15) is 0 Å². The average Bonchev–Trinajstić information content (AvgIpc) is 2.96. The lowest BCUT2D eigenvalue weighted by atomic mass is 9.98. The van der Waals surface area contributed by atoms with Gasteiger partial charge in [-0.25, -0.2) is 0 Å². The zero-order valence-corrected chi connectivity index (χ0v) is 27.2. The van der Waals surface area contributed by atoms with Crippen LogP contribution in [-0.2, 0) is 0 Å². The second-order valence-corrected chi connectivity index (χ2v) is 14.0. The molecule has 1 heteroatoms.